The molecule has 0 atom stereocenters. The lowest BCUT2D eigenvalue weighted by molar-refractivity contribution is 1.16. The van der Waals surface area contributed by atoms with Gasteiger partial charge >= 0.3 is 0 Å². The van der Waals surface area contributed by atoms with Crippen molar-refractivity contribution in [1.29, 1.82) is 0 Å². The number of H-pyrrole nitrogens is 1. The number of aliphatic imine (C=N–C) groups is 1. The van der Waals surface area contributed by atoms with Crippen molar-refractivity contribution < 1.29 is 0 Å². The summed E-state index contributed by atoms with van der Waals surface area (Å²) in [5.41, 5.74) is 2.09. The third-order valence-electron chi connectivity index (χ3n) is 2.18. The normalized spacial score (nSPS) is 16.1. The fourth-order valence-electron chi connectivity index (χ4n) is 1.53. The van der Waals surface area contributed by atoms with Gasteiger partial charge in [-0.15, -0.1) is 11.8 Å². The maximum atomic E-state index is 4.49. The molecule has 0 amide bonds. The van der Waals surface area contributed by atoms with Crippen molar-refractivity contribution >= 4 is 27.8 Å². The molecule has 3 rings (SSSR count). The van der Waals surface area contributed by atoms with Gasteiger partial charge in [0.1, 0.15) is 5.04 Å². The van der Waals surface area contributed by atoms with Crippen molar-refractivity contribution in [3.05, 3.63) is 30.1 Å². The van der Waals surface area contributed by atoms with Crippen LogP contribution in [-0.2, 0) is 0 Å². The summed E-state index contributed by atoms with van der Waals surface area (Å²) in [5, 5.41) is 1.04. The topological polar surface area (TPSA) is 41.0 Å². The van der Waals surface area contributed by atoms with E-state index in [1.54, 1.807) is 11.8 Å². The minimum atomic E-state index is 0.911. The lowest BCUT2D eigenvalue weighted by atomic mass is 10.3. The molecule has 2 heterocycles. The van der Waals surface area contributed by atoms with Crippen LogP contribution >= 0.6 is 11.8 Å². The second kappa shape index (κ2) is 3.13. The number of para-hydroxylation sites is 2. The molecule has 1 N–H and O–H groups in total. The fourth-order valence-corrected chi connectivity index (χ4v) is 2.32. The number of imidazole rings is 1. The van der Waals surface area contributed by atoms with Gasteiger partial charge in [0, 0.05) is 12.3 Å². The zero-order chi connectivity index (χ0) is 9.38. The molecule has 0 radical (unpaired) electrons. The van der Waals surface area contributed by atoms with Crippen molar-refractivity contribution in [2.45, 2.75) is 0 Å². The van der Waals surface area contributed by atoms with E-state index in [-0.39, 0.29) is 0 Å². The lowest BCUT2D eigenvalue weighted by Crippen LogP contribution is -1.93. The third kappa shape index (κ3) is 1.23. The molecule has 0 bridgehead atoms. The first-order chi connectivity index (χ1) is 6.93. The standard InChI is InChI=1S/C10H9N3S/c1-2-4-8-7(3-1)12-9(13-8)10-11-5-6-14-10/h1-4H,5-6H2,(H,12,13). The summed E-state index contributed by atoms with van der Waals surface area (Å²) < 4.78 is 0. The van der Waals surface area contributed by atoms with Crippen LogP contribution in [0.2, 0.25) is 0 Å². The zero-order valence-corrected chi connectivity index (χ0v) is 8.34. The minimum absolute atomic E-state index is 0.911. The summed E-state index contributed by atoms with van der Waals surface area (Å²) in [4.78, 5) is 12.1. The maximum Gasteiger partial charge on any atom is 0.163 e. The van der Waals surface area contributed by atoms with Crippen LogP contribution in [-0.4, -0.2) is 27.3 Å². The van der Waals surface area contributed by atoms with Crippen molar-refractivity contribution in [3.63, 3.8) is 0 Å². The van der Waals surface area contributed by atoms with Gasteiger partial charge in [0.05, 0.1) is 11.0 Å². The Balaban J connectivity index is 2.14. The number of fused-ring (bicyclic) bond motifs is 1. The predicted octanol–water partition coefficient (Wildman–Crippen LogP) is 2.06. The van der Waals surface area contributed by atoms with Gasteiger partial charge in [-0.05, 0) is 12.1 Å². The van der Waals surface area contributed by atoms with Gasteiger partial charge in [-0.3, -0.25) is 4.99 Å². The number of nitrogens with one attached hydrogen (secondary N) is 1. The number of aromatic amines is 1. The van der Waals surface area contributed by atoms with E-state index in [0.717, 1.165) is 34.2 Å². The highest BCUT2D eigenvalue weighted by atomic mass is 32.2. The van der Waals surface area contributed by atoms with Crippen LogP contribution in [0.3, 0.4) is 0 Å². The van der Waals surface area contributed by atoms with E-state index in [1.807, 2.05) is 24.3 Å². The van der Waals surface area contributed by atoms with Crippen LogP contribution in [0.1, 0.15) is 5.82 Å². The van der Waals surface area contributed by atoms with Gasteiger partial charge in [-0.25, -0.2) is 4.98 Å². The summed E-state index contributed by atoms with van der Waals surface area (Å²) in [6, 6.07) is 8.05. The van der Waals surface area contributed by atoms with Gasteiger partial charge in [0.2, 0.25) is 0 Å². The molecule has 0 unspecified atom stereocenters. The van der Waals surface area contributed by atoms with E-state index in [1.165, 1.54) is 0 Å². The van der Waals surface area contributed by atoms with Gasteiger partial charge in [0.15, 0.2) is 5.82 Å². The van der Waals surface area contributed by atoms with Gasteiger partial charge in [0.25, 0.3) is 0 Å². The molecule has 0 aliphatic carbocycles. The second-order valence-corrected chi connectivity index (χ2v) is 4.22. The highest BCUT2D eigenvalue weighted by molar-refractivity contribution is 8.14. The Hall–Kier alpha value is -1.29. The van der Waals surface area contributed by atoms with E-state index < -0.39 is 0 Å². The molecule has 0 saturated heterocycles. The smallest absolute Gasteiger partial charge is 0.163 e. The molecule has 1 aromatic heterocycles. The molecular formula is C10H9N3S. The monoisotopic (exact) mass is 203 g/mol. The second-order valence-electron chi connectivity index (χ2n) is 3.14. The Morgan fingerprint density at radius 1 is 1.29 bits per heavy atom. The molecule has 14 heavy (non-hydrogen) atoms. The molecule has 0 saturated carbocycles. The van der Waals surface area contributed by atoms with Gasteiger partial charge in [-0.2, -0.15) is 0 Å². The number of nitrogens with zero attached hydrogens (tertiary/aromatic N) is 2. The molecular weight excluding hydrogens is 194 g/mol. The molecule has 3 nitrogen and oxygen atoms in total. The SMILES string of the molecule is c1ccc2[nH]c(C3=NCCS3)nc2c1. The van der Waals surface area contributed by atoms with Crippen LogP contribution in [0, 0.1) is 0 Å². The third-order valence-corrected chi connectivity index (χ3v) is 3.16. The first kappa shape index (κ1) is 8.05. The Morgan fingerprint density at radius 2 is 2.21 bits per heavy atom. The van der Waals surface area contributed by atoms with E-state index in [9.17, 15) is 0 Å². The van der Waals surface area contributed by atoms with Crippen molar-refractivity contribution in [2.24, 2.45) is 4.99 Å². The Kier molecular flexibility index (Phi) is 1.80. The number of rotatable bonds is 1. The Labute approximate surface area is 85.6 Å². The highest BCUT2D eigenvalue weighted by Crippen LogP contribution is 2.19. The molecule has 1 aliphatic rings. The van der Waals surface area contributed by atoms with Crippen LogP contribution in [0.25, 0.3) is 11.0 Å². The lowest BCUT2D eigenvalue weighted by Gasteiger charge is -1.90. The Bertz CT molecular complexity index is 468. The van der Waals surface area contributed by atoms with Crippen LogP contribution in [0.4, 0.5) is 0 Å². The Morgan fingerprint density at radius 3 is 3.00 bits per heavy atom. The number of hydrogen-bond acceptors (Lipinski definition) is 3. The molecule has 0 fully saturated rings. The molecule has 1 aromatic carbocycles. The van der Waals surface area contributed by atoms with E-state index >= 15 is 0 Å². The fraction of sp³-hybridized carbons (Fsp3) is 0.200. The molecule has 1 aliphatic heterocycles. The van der Waals surface area contributed by atoms with E-state index in [4.69, 9.17) is 0 Å². The van der Waals surface area contributed by atoms with Crippen molar-refractivity contribution in [2.75, 3.05) is 12.3 Å². The summed E-state index contributed by atoms with van der Waals surface area (Å²) >= 11 is 1.77. The first-order valence-electron chi connectivity index (χ1n) is 4.56. The van der Waals surface area contributed by atoms with Crippen LogP contribution < -0.4 is 0 Å². The van der Waals surface area contributed by atoms with Gasteiger partial charge in [-0.1, -0.05) is 12.1 Å². The zero-order valence-electron chi connectivity index (χ0n) is 7.53. The van der Waals surface area contributed by atoms with Crippen molar-refractivity contribution in [1.82, 2.24) is 9.97 Å². The van der Waals surface area contributed by atoms with E-state index in [0.29, 0.717) is 0 Å². The summed E-state index contributed by atoms with van der Waals surface area (Å²) in [6.07, 6.45) is 0. The minimum Gasteiger partial charge on any atom is -0.336 e. The first-order valence-corrected chi connectivity index (χ1v) is 5.54. The predicted molar refractivity (Wildman–Crippen MR) is 60.0 cm³/mol. The number of benzene rings is 1. The molecule has 0 spiro atoms. The highest BCUT2D eigenvalue weighted by Gasteiger charge is 2.13. The molecule has 4 heteroatoms. The maximum absolute atomic E-state index is 4.49. The summed E-state index contributed by atoms with van der Waals surface area (Å²) in [7, 11) is 0. The average Bonchev–Trinajstić information content (AvgIpc) is 2.86. The molecule has 2 aromatic rings. The number of aromatic nitrogens is 2. The largest absolute Gasteiger partial charge is 0.336 e. The quantitative estimate of drug-likeness (QED) is 0.770. The van der Waals surface area contributed by atoms with Crippen LogP contribution in [0.15, 0.2) is 29.3 Å². The van der Waals surface area contributed by atoms with Crippen molar-refractivity contribution in [3.8, 4) is 0 Å². The number of thioether (sulfide) groups is 1. The molecule has 70 valence electrons. The number of hydrogen-bond donors (Lipinski definition) is 1. The van der Waals surface area contributed by atoms with Crippen LogP contribution in [0.5, 0.6) is 0 Å². The average molecular weight is 203 g/mol. The van der Waals surface area contributed by atoms with Gasteiger partial charge < -0.3 is 4.98 Å². The van der Waals surface area contributed by atoms with E-state index in [2.05, 4.69) is 15.0 Å². The summed E-state index contributed by atoms with van der Waals surface area (Å²) in [6.45, 7) is 0.914. The summed E-state index contributed by atoms with van der Waals surface area (Å²) in [5.74, 6) is 1.99.